The third-order valence-electron chi connectivity index (χ3n) is 1.99. The normalized spacial score (nSPS) is 12.3. The van der Waals surface area contributed by atoms with E-state index in [1.165, 1.54) is 12.1 Å². The summed E-state index contributed by atoms with van der Waals surface area (Å²) >= 11 is 0. The van der Waals surface area contributed by atoms with Crippen molar-refractivity contribution in [1.29, 1.82) is 0 Å². The number of hydrogen-bond donors (Lipinski definition) is 4. The molecule has 0 saturated carbocycles. The van der Waals surface area contributed by atoms with E-state index in [9.17, 15) is 4.39 Å². The minimum atomic E-state index is -0.849. The third-order valence-corrected chi connectivity index (χ3v) is 1.99. The maximum Gasteiger partial charge on any atom is 0.125 e. The lowest BCUT2D eigenvalue weighted by Crippen LogP contribution is -2.23. The molecular formula is C10H15FN2O2. The Labute approximate surface area is 87.7 Å². The van der Waals surface area contributed by atoms with E-state index in [0.717, 1.165) is 5.69 Å². The predicted molar refractivity (Wildman–Crippen MR) is 57.5 cm³/mol. The molecule has 84 valence electrons. The Morgan fingerprint density at radius 2 is 2.13 bits per heavy atom. The number of rotatable bonds is 5. The van der Waals surface area contributed by atoms with Crippen LogP contribution in [0.2, 0.25) is 0 Å². The van der Waals surface area contributed by atoms with Crippen molar-refractivity contribution in [1.82, 2.24) is 0 Å². The minimum Gasteiger partial charge on any atom is -0.394 e. The Balaban J connectivity index is 2.69. The van der Waals surface area contributed by atoms with Crippen molar-refractivity contribution in [2.45, 2.75) is 6.10 Å². The summed E-state index contributed by atoms with van der Waals surface area (Å²) in [6.45, 7) is -0.147. The summed E-state index contributed by atoms with van der Waals surface area (Å²) in [6, 6.07) is 4.28. The first-order chi connectivity index (χ1) is 7.17. The van der Waals surface area contributed by atoms with Gasteiger partial charge in [0.05, 0.1) is 24.1 Å². The molecular weight excluding hydrogens is 199 g/mol. The van der Waals surface area contributed by atoms with Crippen LogP contribution in [0.25, 0.3) is 0 Å². The van der Waals surface area contributed by atoms with Gasteiger partial charge in [0.25, 0.3) is 0 Å². The highest BCUT2D eigenvalue weighted by molar-refractivity contribution is 5.68. The molecule has 0 aliphatic carbocycles. The summed E-state index contributed by atoms with van der Waals surface area (Å²) < 4.78 is 12.9. The van der Waals surface area contributed by atoms with Gasteiger partial charge in [-0.2, -0.15) is 0 Å². The van der Waals surface area contributed by atoms with Crippen molar-refractivity contribution in [2.75, 3.05) is 30.8 Å². The molecule has 1 atom stereocenters. The first-order valence-corrected chi connectivity index (χ1v) is 4.67. The Bertz CT molecular complexity index is 320. The molecule has 15 heavy (non-hydrogen) atoms. The zero-order valence-corrected chi connectivity index (χ0v) is 8.50. The summed E-state index contributed by atoms with van der Waals surface area (Å²) in [5.74, 6) is -0.352. The van der Waals surface area contributed by atoms with Gasteiger partial charge in [-0.15, -0.1) is 0 Å². The van der Waals surface area contributed by atoms with E-state index >= 15 is 0 Å². The van der Waals surface area contributed by atoms with E-state index in [1.54, 1.807) is 13.1 Å². The zero-order chi connectivity index (χ0) is 11.3. The van der Waals surface area contributed by atoms with Crippen molar-refractivity contribution >= 4 is 11.4 Å². The van der Waals surface area contributed by atoms with Crippen molar-refractivity contribution in [2.24, 2.45) is 0 Å². The smallest absolute Gasteiger partial charge is 0.125 e. The van der Waals surface area contributed by atoms with Crippen molar-refractivity contribution in [3.63, 3.8) is 0 Å². The monoisotopic (exact) mass is 214 g/mol. The number of anilines is 2. The Hall–Kier alpha value is -1.33. The van der Waals surface area contributed by atoms with Gasteiger partial charge in [0, 0.05) is 13.6 Å². The number of halogens is 1. The molecule has 0 bridgehead atoms. The summed E-state index contributed by atoms with van der Waals surface area (Å²) in [5, 5.41) is 23.5. The summed E-state index contributed by atoms with van der Waals surface area (Å²) in [7, 11) is 1.72. The van der Waals surface area contributed by atoms with Crippen LogP contribution in [0.1, 0.15) is 0 Å². The third kappa shape index (κ3) is 3.38. The highest BCUT2D eigenvalue weighted by Gasteiger charge is 2.05. The van der Waals surface area contributed by atoms with E-state index in [4.69, 9.17) is 10.2 Å². The van der Waals surface area contributed by atoms with Crippen LogP contribution in [0.5, 0.6) is 0 Å². The molecule has 0 fully saturated rings. The van der Waals surface area contributed by atoms with Gasteiger partial charge in [0.15, 0.2) is 0 Å². The molecule has 0 amide bonds. The van der Waals surface area contributed by atoms with E-state index in [-0.39, 0.29) is 19.0 Å². The second-order valence-corrected chi connectivity index (χ2v) is 3.16. The second-order valence-electron chi connectivity index (χ2n) is 3.16. The lowest BCUT2D eigenvalue weighted by Gasteiger charge is -2.13. The fourth-order valence-corrected chi connectivity index (χ4v) is 1.17. The molecule has 4 N–H and O–H groups in total. The predicted octanol–water partition coefficient (Wildman–Crippen LogP) is 0.632. The average molecular weight is 214 g/mol. The quantitative estimate of drug-likeness (QED) is 0.580. The van der Waals surface area contributed by atoms with E-state index in [2.05, 4.69) is 10.6 Å². The number of hydrogen-bond acceptors (Lipinski definition) is 4. The summed E-state index contributed by atoms with van der Waals surface area (Å²) in [6.07, 6.45) is -0.849. The molecule has 1 aromatic carbocycles. The molecule has 1 unspecified atom stereocenters. The van der Waals surface area contributed by atoms with Crippen LogP contribution in [-0.2, 0) is 0 Å². The summed E-state index contributed by atoms with van der Waals surface area (Å²) in [5.41, 5.74) is 1.30. The van der Waals surface area contributed by atoms with E-state index in [0.29, 0.717) is 5.69 Å². The van der Waals surface area contributed by atoms with Gasteiger partial charge in [-0.05, 0) is 18.2 Å². The molecule has 0 aromatic heterocycles. The fourth-order valence-electron chi connectivity index (χ4n) is 1.17. The van der Waals surface area contributed by atoms with Gasteiger partial charge in [0.2, 0.25) is 0 Å². The molecule has 0 radical (unpaired) electrons. The molecule has 5 heteroatoms. The highest BCUT2D eigenvalue weighted by atomic mass is 19.1. The van der Waals surface area contributed by atoms with E-state index < -0.39 is 6.10 Å². The van der Waals surface area contributed by atoms with Crippen molar-refractivity contribution in [3.8, 4) is 0 Å². The van der Waals surface area contributed by atoms with Crippen LogP contribution in [0, 0.1) is 5.82 Å². The van der Waals surface area contributed by atoms with Crippen LogP contribution in [0.4, 0.5) is 15.8 Å². The number of aliphatic hydroxyl groups excluding tert-OH is 2. The van der Waals surface area contributed by atoms with Gasteiger partial charge in [-0.1, -0.05) is 0 Å². The SMILES string of the molecule is CNc1ccc(F)cc1NCC(O)CO. The van der Waals surface area contributed by atoms with Crippen molar-refractivity contribution < 1.29 is 14.6 Å². The Morgan fingerprint density at radius 1 is 1.40 bits per heavy atom. The van der Waals surface area contributed by atoms with Crippen LogP contribution in [0.15, 0.2) is 18.2 Å². The van der Waals surface area contributed by atoms with Gasteiger partial charge in [-0.25, -0.2) is 4.39 Å². The molecule has 1 rings (SSSR count). The molecule has 0 aliphatic heterocycles. The average Bonchev–Trinajstić information content (AvgIpc) is 2.26. The topological polar surface area (TPSA) is 64.5 Å². The zero-order valence-electron chi connectivity index (χ0n) is 8.50. The Morgan fingerprint density at radius 3 is 2.73 bits per heavy atom. The maximum atomic E-state index is 12.9. The second kappa shape index (κ2) is 5.53. The maximum absolute atomic E-state index is 12.9. The molecule has 0 aliphatic rings. The van der Waals surface area contributed by atoms with Crippen molar-refractivity contribution in [3.05, 3.63) is 24.0 Å². The number of aliphatic hydroxyl groups is 2. The van der Waals surface area contributed by atoms with Gasteiger partial charge < -0.3 is 20.8 Å². The van der Waals surface area contributed by atoms with Crippen LogP contribution in [-0.4, -0.2) is 36.5 Å². The lowest BCUT2D eigenvalue weighted by atomic mass is 10.2. The first kappa shape index (κ1) is 11.7. The summed E-state index contributed by atoms with van der Waals surface area (Å²) in [4.78, 5) is 0. The molecule has 0 spiro atoms. The van der Waals surface area contributed by atoms with Crippen LogP contribution < -0.4 is 10.6 Å². The molecule has 0 saturated heterocycles. The first-order valence-electron chi connectivity index (χ1n) is 4.67. The molecule has 0 heterocycles. The van der Waals surface area contributed by atoms with Gasteiger partial charge in [-0.3, -0.25) is 0 Å². The van der Waals surface area contributed by atoms with Gasteiger partial charge >= 0.3 is 0 Å². The minimum absolute atomic E-state index is 0.175. The molecule has 4 nitrogen and oxygen atoms in total. The van der Waals surface area contributed by atoms with Crippen LogP contribution >= 0.6 is 0 Å². The van der Waals surface area contributed by atoms with Crippen LogP contribution in [0.3, 0.4) is 0 Å². The largest absolute Gasteiger partial charge is 0.394 e. The standard InChI is InChI=1S/C10H15FN2O2/c1-12-9-3-2-7(11)4-10(9)13-5-8(15)6-14/h2-4,8,12-15H,5-6H2,1H3. The van der Waals surface area contributed by atoms with Gasteiger partial charge in [0.1, 0.15) is 5.82 Å². The van der Waals surface area contributed by atoms with E-state index in [1.807, 2.05) is 0 Å². The fraction of sp³-hybridized carbons (Fsp3) is 0.400. The highest BCUT2D eigenvalue weighted by Crippen LogP contribution is 2.21. The Kier molecular flexibility index (Phi) is 4.33. The number of benzene rings is 1. The number of nitrogens with one attached hydrogen (secondary N) is 2. The lowest BCUT2D eigenvalue weighted by molar-refractivity contribution is 0.105. The molecule has 1 aromatic rings.